The van der Waals surface area contributed by atoms with E-state index in [9.17, 15) is 0 Å². The van der Waals surface area contributed by atoms with Crippen molar-refractivity contribution in [2.24, 2.45) is 0 Å². The topological polar surface area (TPSA) is 63.8 Å². The first-order valence-electron chi connectivity index (χ1n) is 2.00. The quantitative estimate of drug-likeness (QED) is 0.405. The van der Waals surface area contributed by atoms with Crippen molar-refractivity contribution in [3.8, 4) is 0 Å². The summed E-state index contributed by atoms with van der Waals surface area (Å²) in [7, 11) is 0.437. The Hall–Kier alpha value is 1.09. The monoisotopic (exact) mass is 192 g/mol. The van der Waals surface area contributed by atoms with Crippen molar-refractivity contribution in [2.75, 3.05) is 6.35 Å². The van der Waals surface area contributed by atoms with Crippen LogP contribution < -0.4 is 0 Å². The molecule has 1 N–H and O–H groups in total. The molecule has 56 valence electrons. The standard InChI is InChI=1S/CH7O5P3/c2-1-9(5-7,6-8)3-4-9/h2H,1,7-8H2. The summed E-state index contributed by atoms with van der Waals surface area (Å²) in [5, 5.41) is 8.64. The Balaban J connectivity index is 2.64. The van der Waals surface area contributed by atoms with Crippen molar-refractivity contribution in [2.45, 2.75) is 0 Å². The SMILES string of the molecule is OCP1(OP)(OP)OO1. The first-order chi connectivity index (χ1) is 4.20. The van der Waals surface area contributed by atoms with E-state index >= 15 is 0 Å². The van der Waals surface area contributed by atoms with E-state index < -0.39 is 13.9 Å². The first kappa shape index (κ1) is 8.19. The van der Waals surface area contributed by atoms with Crippen LogP contribution in [0.25, 0.3) is 0 Å². The molecule has 5 nitrogen and oxygen atoms in total. The van der Waals surface area contributed by atoms with Gasteiger partial charge in [0.05, 0.1) is 0 Å². The summed E-state index contributed by atoms with van der Waals surface area (Å²) in [6.45, 7) is 0. The molecule has 2 atom stereocenters. The minimum absolute atomic E-state index is 0.404. The number of aliphatic hydroxyl groups is 1. The van der Waals surface area contributed by atoms with Gasteiger partial charge in [0.2, 0.25) is 0 Å². The third-order valence-electron chi connectivity index (χ3n) is 0.940. The Kier molecular flexibility index (Phi) is 2.09. The second kappa shape index (κ2) is 2.30. The van der Waals surface area contributed by atoms with Crippen LogP contribution in [0.1, 0.15) is 0 Å². The Morgan fingerprint density at radius 1 is 1.33 bits per heavy atom. The average Bonchev–Trinajstić information content (AvgIpc) is 2.67. The molecule has 1 aliphatic rings. The van der Waals surface area contributed by atoms with Crippen LogP contribution in [-0.2, 0) is 18.0 Å². The molecule has 0 amide bonds. The Morgan fingerprint density at radius 2 is 1.78 bits per heavy atom. The fraction of sp³-hybridized carbons (Fsp3) is 1.00. The van der Waals surface area contributed by atoms with Gasteiger partial charge in [-0.1, -0.05) is 0 Å². The van der Waals surface area contributed by atoms with Crippen molar-refractivity contribution in [3.05, 3.63) is 0 Å². The van der Waals surface area contributed by atoms with Crippen LogP contribution in [0, 0.1) is 0 Å². The number of hydrogen-bond acceptors (Lipinski definition) is 5. The van der Waals surface area contributed by atoms with E-state index in [1.54, 1.807) is 0 Å². The zero-order valence-electron chi connectivity index (χ0n) is 4.39. The summed E-state index contributed by atoms with van der Waals surface area (Å²) in [4.78, 5) is 0. The molecule has 8 heteroatoms. The summed E-state index contributed by atoms with van der Waals surface area (Å²) in [5.74, 6) is 0. The van der Waals surface area contributed by atoms with Crippen molar-refractivity contribution >= 4 is 26.4 Å². The summed E-state index contributed by atoms with van der Waals surface area (Å²) in [5.41, 5.74) is 0. The van der Waals surface area contributed by atoms with Crippen LogP contribution in [0.3, 0.4) is 0 Å². The van der Waals surface area contributed by atoms with Crippen LogP contribution in [0.2, 0.25) is 0 Å². The molecule has 1 heterocycles. The molecule has 0 spiro atoms. The molecule has 2 unspecified atom stereocenters. The molecule has 0 aromatic carbocycles. The van der Waals surface area contributed by atoms with Crippen molar-refractivity contribution < 1.29 is 23.1 Å². The van der Waals surface area contributed by atoms with Gasteiger partial charge in [-0.15, -0.1) is 0 Å². The molecule has 0 bridgehead atoms. The molecule has 1 rings (SSSR count). The fourth-order valence-electron chi connectivity index (χ4n) is 0.260. The molecule has 1 aliphatic heterocycles. The number of rotatable bonds is 3. The first-order valence-corrected chi connectivity index (χ1v) is 5.04. The molecular formula is CH7O5P3. The average molecular weight is 192 g/mol. The second-order valence-electron chi connectivity index (χ2n) is 1.46. The molecule has 9 heavy (non-hydrogen) atoms. The zero-order chi connectivity index (χ0) is 6.98. The molecule has 0 aromatic heterocycles. The van der Waals surface area contributed by atoms with Crippen LogP contribution in [0.4, 0.5) is 0 Å². The Bertz CT molecular complexity index is 102. The van der Waals surface area contributed by atoms with Gasteiger partial charge in [0, 0.05) is 0 Å². The van der Waals surface area contributed by atoms with Gasteiger partial charge in [0.1, 0.15) is 0 Å². The van der Waals surface area contributed by atoms with Gasteiger partial charge < -0.3 is 0 Å². The molecular weight excluding hydrogens is 185 g/mol. The van der Waals surface area contributed by atoms with Crippen LogP contribution in [0.15, 0.2) is 0 Å². The predicted molar refractivity (Wildman–Crippen MR) is 37.8 cm³/mol. The molecule has 0 saturated carbocycles. The van der Waals surface area contributed by atoms with Gasteiger partial charge in [-0.05, 0) is 0 Å². The third-order valence-corrected chi connectivity index (χ3v) is 5.26. The van der Waals surface area contributed by atoms with Crippen molar-refractivity contribution in [1.29, 1.82) is 0 Å². The number of hydrogen-bond donors (Lipinski definition) is 1. The minimum atomic E-state index is -3.40. The summed E-state index contributed by atoms with van der Waals surface area (Å²) < 4.78 is 18.1. The van der Waals surface area contributed by atoms with E-state index in [0.29, 0.717) is 0 Å². The predicted octanol–water partition coefficient (Wildman–Crippen LogP) is 0.725. The Morgan fingerprint density at radius 3 is 1.78 bits per heavy atom. The maximum atomic E-state index is 8.64. The van der Waals surface area contributed by atoms with E-state index in [4.69, 9.17) is 5.11 Å². The van der Waals surface area contributed by atoms with Gasteiger partial charge >= 0.3 is 55.9 Å². The molecule has 0 aromatic rings. The van der Waals surface area contributed by atoms with E-state index in [1.807, 2.05) is 18.9 Å². The zero-order valence-corrected chi connectivity index (χ0v) is 7.59. The second-order valence-corrected chi connectivity index (χ2v) is 5.66. The normalized spacial score (nSPS) is 32.6. The molecule has 1 saturated heterocycles. The van der Waals surface area contributed by atoms with Gasteiger partial charge in [-0.3, -0.25) is 0 Å². The maximum absolute atomic E-state index is 8.64. The summed E-state index contributed by atoms with van der Waals surface area (Å²) in [6, 6.07) is 0. The van der Waals surface area contributed by atoms with Crippen molar-refractivity contribution in [1.82, 2.24) is 0 Å². The fourth-order valence-corrected chi connectivity index (χ4v) is 2.50. The molecule has 0 radical (unpaired) electrons. The summed E-state index contributed by atoms with van der Waals surface area (Å²) >= 11 is 0. The van der Waals surface area contributed by atoms with Gasteiger partial charge in [0.15, 0.2) is 0 Å². The third kappa shape index (κ3) is 1.13. The van der Waals surface area contributed by atoms with Crippen molar-refractivity contribution in [3.63, 3.8) is 0 Å². The van der Waals surface area contributed by atoms with Crippen LogP contribution in [-0.4, -0.2) is 11.5 Å². The van der Waals surface area contributed by atoms with E-state index in [0.717, 1.165) is 0 Å². The van der Waals surface area contributed by atoms with Crippen LogP contribution >= 0.6 is 26.4 Å². The molecule has 0 aliphatic carbocycles. The summed E-state index contributed by atoms with van der Waals surface area (Å²) in [6.07, 6.45) is -0.404. The Labute approximate surface area is 56.8 Å². The van der Waals surface area contributed by atoms with Crippen LogP contribution in [0.5, 0.6) is 0 Å². The van der Waals surface area contributed by atoms with E-state index in [1.165, 1.54) is 0 Å². The number of aliphatic hydroxyl groups excluding tert-OH is 1. The van der Waals surface area contributed by atoms with Gasteiger partial charge in [-0.25, -0.2) is 0 Å². The van der Waals surface area contributed by atoms with E-state index in [2.05, 4.69) is 18.0 Å². The van der Waals surface area contributed by atoms with E-state index in [-0.39, 0.29) is 0 Å². The molecule has 1 fully saturated rings. The van der Waals surface area contributed by atoms with Gasteiger partial charge in [-0.2, -0.15) is 0 Å². The van der Waals surface area contributed by atoms with Gasteiger partial charge in [0.25, 0.3) is 0 Å².